The van der Waals surface area contributed by atoms with Crippen molar-refractivity contribution in [2.24, 2.45) is 11.8 Å². The predicted octanol–water partition coefficient (Wildman–Crippen LogP) is 6.75. The van der Waals surface area contributed by atoms with E-state index in [1.54, 1.807) is 5.57 Å². The van der Waals surface area contributed by atoms with Crippen molar-refractivity contribution in [3.63, 3.8) is 0 Å². The lowest BCUT2D eigenvalue weighted by molar-refractivity contribution is 0.498. The normalized spacial score (nSPS) is 26.6. The lowest BCUT2D eigenvalue weighted by Gasteiger charge is -2.26. The summed E-state index contributed by atoms with van der Waals surface area (Å²) in [4.78, 5) is 0. The Bertz CT molecular complexity index is 945. The minimum Gasteiger partial charge on any atom is -0.0616 e. The lowest BCUT2D eigenvalue weighted by Crippen LogP contribution is -2.11. The molecule has 2 bridgehead atoms. The van der Waals surface area contributed by atoms with Gasteiger partial charge in [0.25, 0.3) is 0 Å². The van der Waals surface area contributed by atoms with E-state index in [2.05, 4.69) is 79.7 Å². The molecule has 0 heteroatoms. The van der Waals surface area contributed by atoms with Gasteiger partial charge in [-0.1, -0.05) is 77.9 Å². The van der Waals surface area contributed by atoms with Crippen LogP contribution in [0.1, 0.15) is 41.9 Å². The molecule has 2 aliphatic rings. The van der Waals surface area contributed by atoms with Crippen molar-refractivity contribution >= 4 is 16.8 Å². The van der Waals surface area contributed by atoms with E-state index in [1.165, 1.54) is 46.7 Å². The molecule has 0 saturated heterocycles. The highest BCUT2D eigenvalue weighted by molar-refractivity contribution is 5.85. The molecule has 0 aromatic heterocycles. The van der Waals surface area contributed by atoms with E-state index >= 15 is 0 Å². The number of hydrogen-bond acceptors (Lipinski definition) is 0. The zero-order valence-corrected chi connectivity index (χ0v) is 14.8. The molecule has 124 valence electrons. The summed E-state index contributed by atoms with van der Waals surface area (Å²) in [7, 11) is 0. The van der Waals surface area contributed by atoms with E-state index in [0.717, 1.165) is 11.8 Å². The highest BCUT2D eigenvalue weighted by Crippen LogP contribution is 2.56. The van der Waals surface area contributed by atoms with Gasteiger partial charge in [0.1, 0.15) is 0 Å². The molecule has 0 heterocycles. The summed E-state index contributed by atoms with van der Waals surface area (Å²) in [5.74, 6) is 2.27. The maximum Gasteiger partial charge on any atom is 0.00827 e. The van der Waals surface area contributed by atoms with E-state index in [-0.39, 0.29) is 0 Å². The van der Waals surface area contributed by atoms with Crippen molar-refractivity contribution in [3.8, 4) is 0 Å². The first kappa shape index (κ1) is 15.0. The van der Waals surface area contributed by atoms with Crippen LogP contribution in [0.2, 0.25) is 0 Å². The SMILES string of the molecule is Cc1ccc([C@@H]2/C(=C/c3ccc4ccccc4c3)[C@H]3CC[C@@H]2C3)cc1. The standard InChI is InChI=1S/C25H24/c1-17-6-9-20(10-7-17)25-23-13-12-22(16-23)24(25)15-18-8-11-19-4-2-3-5-21(19)14-18/h2-11,14-15,22-23,25H,12-13,16H2,1H3/b24-15+/t22-,23+,25-/m0/s1. The molecule has 5 rings (SSSR count). The third-order valence-electron chi connectivity index (χ3n) is 6.32. The fraction of sp³-hybridized carbons (Fsp3) is 0.280. The largest absolute Gasteiger partial charge is 0.0616 e. The molecule has 0 aliphatic heterocycles. The fourth-order valence-electron chi connectivity index (χ4n) is 5.08. The second-order valence-corrected chi connectivity index (χ2v) is 7.91. The Hall–Kier alpha value is -2.34. The Morgan fingerprint density at radius 2 is 1.64 bits per heavy atom. The summed E-state index contributed by atoms with van der Waals surface area (Å²) >= 11 is 0. The smallest absolute Gasteiger partial charge is 0.00827 e. The van der Waals surface area contributed by atoms with E-state index in [1.807, 2.05) is 0 Å². The Balaban J connectivity index is 1.57. The summed E-state index contributed by atoms with van der Waals surface area (Å²) in [6.45, 7) is 2.18. The topological polar surface area (TPSA) is 0 Å². The van der Waals surface area contributed by atoms with Crippen LogP contribution in [-0.2, 0) is 0 Å². The van der Waals surface area contributed by atoms with Crippen LogP contribution in [0.15, 0.2) is 72.3 Å². The molecule has 0 spiro atoms. The maximum absolute atomic E-state index is 2.50. The Labute approximate surface area is 150 Å². The van der Waals surface area contributed by atoms with Crippen LogP contribution >= 0.6 is 0 Å². The van der Waals surface area contributed by atoms with E-state index < -0.39 is 0 Å². The molecule has 2 fully saturated rings. The zero-order valence-electron chi connectivity index (χ0n) is 14.8. The molecule has 3 aromatic carbocycles. The molecule has 3 aromatic rings. The second kappa shape index (κ2) is 5.88. The van der Waals surface area contributed by atoms with E-state index in [4.69, 9.17) is 0 Å². The molecule has 2 aliphatic carbocycles. The second-order valence-electron chi connectivity index (χ2n) is 7.91. The summed E-state index contributed by atoms with van der Waals surface area (Å²) in [6.07, 6.45) is 6.67. The van der Waals surface area contributed by atoms with Crippen LogP contribution in [0.5, 0.6) is 0 Å². The molecule has 0 amide bonds. The Morgan fingerprint density at radius 1 is 0.840 bits per heavy atom. The number of benzene rings is 3. The van der Waals surface area contributed by atoms with Gasteiger partial charge in [0, 0.05) is 5.92 Å². The van der Waals surface area contributed by atoms with E-state index in [9.17, 15) is 0 Å². The van der Waals surface area contributed by atoms with Crippen LogP contribution in [0.4, 0.5) is 0 Å². The summed E-state index contributed by atoms with van der Waals surface area (Å²) in [6, 6.07) is 24.8. The molecule has 0 nitrogen and oxygen atoms in total. The minimum atomic E-state index is 0.630. The molecule has 2 saturated carbocycles. The van der Waals surface area contributed by atoms with Crippen LogP contribution < -0.4 is 0 Å². The number of rotatable bonds is 2. The predicted molar refractivity (Wildman–Crippen MR) is 107 cm³/mol. The fourth-order valence-corrected chi connectivity index (χ4v) is 5.08. The highest BCUT2D eigenvalue weighted by Gasteiger charge is 2.43. The highest BCUT2D eigenvalue weighted by atomic mass is 14.5. The molecule has 3 atom stereocenters. The van der Waals surface area contributed by atoms with Crippen molar-refractivity contribution in [3.05, 3.63) is 89.0 Å². The van der Waals surface area contributed by atoms with Crippen molar-refractivity contribution in [2.75, 3.05) is 0 Å². The van der Waals surface area contributed by atoms with Crippen LogP contribution in [-0.4, -0.2) is 0 Å². The van der Waals surface area contributed by atoms with Gasteiger partial charge in [0.15, 0.2) is 0 Å². The van der Waals surface area contributed by atoms with Gasteiger partial charge in [-0.15, -0.1) is 0 Å². The van der Waals surface area contributed by atoms with Gasteiger partial charge in [-0.25, -0.2) is 0 Å². The Morgan fingerprint density at radius 3 is 2.48 bits per heavy atom. The molecule has 0 radical (unpaired) electrons. The first-order valence-corrected chi connectivity index (χ1v) is 9.55. The summed E-state index contributed by atoms with van der Waals surface area (Å²) in [5, 5.41) is 2.67. The number of hydrogen-bond donors (Lipinski definition) is 0. The van der Waals surface area contributed by atoms with Crippen molar-refractivity contribution in [2.45, 2.75) is 32.1 Å². The monoisotopic (exact) mass is 324 g/mol. The molecular formula is C25H24. The van der Waals surface area contributed by atoms with Crippen molar-refractivity contribution in [1.29, 1.82) is 0 Å². The average Bonchev–Trinajstić information content (AvgIpc) is 3.24. The maximum atomic E-state index is 2.50. The van der Waals surface area contributed by atoms with Gasteiger partial charge >= 0.3 is 0 Å². The van der Waals surface area contributed by atoms with Crippen LogP contribution in [0.3, 0.4) is 0 Å². The van der Waals surface area contributed by atoms with Crippen LogP contribution in [0.25, 0.3) is 16.8 Å². The molecule has 25 heavy (non-hydrogen) atoms. The number of aryl methyl sites for hydroxylation is 1. The number of fused-ring (bicyclic) bond motifs is 3. The summed E-state index contributed by atoms with van der Waals surface area (Å²) < 4.78 is 0. The number of allylic oxidation sites excluding steroid dienone is 1. The van der Waals surface area contributed by atoms with Crippen LogP contribution in [0, 0.1) is 18.8 Å². The third-order valence-corrected chi connectivity index (χ3v) is 6.32. The third kappa shape index (κ3) is 2.61. The van der Waals surface area contributed by atoms with Gasteiger partial charge in [0.05, 0.1) is 0 Å². The van der Waals surface area contributed by atoms with Gasteiger partial charge < -0.3 is 0 Å². The lowest BCUT2D eigenvalue weighted by atomic mass is 9.79. The van der Waals surface area contributed by atoms with Gasteiger partial charge in [0.2, 0.25) is 0 Å². The zero-order chi connectivity index (χ0) is 16.8. The van der Waals surface area contributed by atoms with Gasteiger partial charge in [-0.2, -0.15) is 0 Å². The van der Waals surface area contributed by atoms with E-state index in [0.29, 0.717) is 5.92 Å². The average molecular weight is 324 g/mol. The quantitative estimate of drug-likeness (QED) is 0.489. The van der Waals surface area contributed by atoms with Gasteiger partial charge in [-0.3, -0.25) is 0 Å². The van der Waals surface area contributed by atoms with Gasteiger partial charge in [-0.05, 0) is 66.0 Å². The molecule has 0 unspecified atom stereocenters. The van der Waals surface area contributed by atoms with Crippen molar-refractivity contribution in [1.82, 2.24) is 0 Å². The van der Waals surface area contributed by atoms with Crippen molar-refractivity contribution < 1.29 is 0 Å². The first-order valence-electron chi connectivity index (χ1n) is 9.55. The summed E-state index contributed by atoms with van der Waals surface area (Å²) in [5.41, 5.74) is 5.91. The molecule has 0 N–H and O–H groups in total. The Kier molecular flexibility index (Phi) is 3.52. The first-order chi connectivity index (χ1) is 12.3. The minimum absolute atomic E-state index is 0.630. The molecular weight excluding hydrogens is 300 g/mol.